The number of aromatic amines is 1. The number of rotatable bonds is 3. The molecule has 0 saturated carbocycles. The van der Waals surface area contributed by atoms with Gasteiger partial charge in [0.05, 0.1) is 0 Å². The summed E-state index contributed by atoms with van der Waals surface area (Å²) >= 11 is 5.04. The number of benzene rings is 2. The lowest BCUT2D eigenvalue weighted by atomic mass is 10.0. The zero-order valence-corrected chi connectivity index (χ0v) is 11.9. The van der Waals surface area contributed by atoms with Crippen LogP contribution >= 0.6 is 12.2 Å². The first-order valence-electron chi connectivity index (χ1n) is 6.38. The summed E-state index contributed by atoms with van der Waals surface area (Å²) < 4.78 is 0. The van der Waals surface area contributed by atoms with Gasteiger partial charge in [-0.3, -0.25) is 0 Å². The third-order valence-electron chi connectivity index (χ3n) is 3.43. The molecule has 3 aromatic rings. The lowest BCUT2D eigenvalue weighted by molar-refractivity contribution is 1.46. The van der Waals surface area contributed by atoms with Gasteiger partial charge in [0.25, 0.3) is 0 Å². The van der Waals surface area contributed by atoms with Crippen LogP contribution in [-0.2, 0) is 0 Å². The molecule has 1 aromatic heterocycles. The van der Waals surface area contributed by atoms with Crippen molar-refractivity contribution in [2.75, 3.05) is 12.4 Å². The molecular formula is C16H15N3S. The quantitative estimate of drug-likeness (QED) is 0.644. The highest BCUT2D eigenvalue weighted by Crippen LogP contribution is 2.30. The zero-order valence-electron chi connectivity index (χ0n) is 11.1. The van der Waals surface area contributed by atoms with Crippen molar-refractivity contribution in [3.63, 3.8) is 0 Å². The van der Waals surface area contributed by atoms with Gasteiger partial charge < -0.3 is 16.0 Å². The minimum Gasteiger partial charge on any atom is -0.389 e. The van der Waals surface area contributed by atoms with Crippen LogP contribution in [0.15, 0.2) is 48.7 Å². The Kier molecular flexibility index (Phi) is 3.16. The molecule has 2 aromatic carbocycles. The average molecular weight is 281 g/mol. The summed E-state index contributed by atoms with van der Waals surface area (Å²) in [6.07, 6.45) is 2.02. The summed E-state index contributed by atoms with van der Waals surface area (Å²) in [7, 11) is 1.91. The number of nitrogens with one attached hydrogen (secondary N) is 2. The lowest BCUT2D eigenvalue weighted by Crippen LogP contribution is -2.08. The Labute approximate surface area is 122 Å². The fraction of sp³-hybridized carbons (Fsp3) is 0.0625. The van der Waals surface area contributed by atoms with Gasteiger partial charge in [-0.25, -0.2) is 0 Å². The Bertz CT molecular complexity index is 789. The number of fused-ring (bicyclic) bond motifs is 1. The van der Waals surface area contributed by atoms with E-state index in [1.807, 2.05) is 31.4 Å². The number of anilines is 1. The van der Waals surface area contributed by atoms with Crippen molar-refractivity contribution in [3.8, 4) is 11.1 Å². The molecule has 1 heterocycles. The highest BCUT2D eigenvalue weighted by atomic mass is 32.1. The molecule has 0 atom stereocenters. The van der Waals surface area contributed by atoms with Crippen LogP contribution < -0.4 is 11.1 Å². The second kappa shape index (κ2) is 4.98. The largest absolute Gasteiger partial charge is 0.389 e. The summed E-state index contributed by atoms with van der Waals surface area (Å²) in [6.45, 7) is 0. The maximum Gasteiger partial charge on any atom is 0.104 e. The van der Waals surface area contributed by atoms with Gasteiger partial charge in [0.2, 0.25) is 0 Å². The number of hydrogen-bond acceptors (Lipinski definition) is 2. The van der Waals surface area contributed by atoms with Crippen molar-refractivity contribution in [1.29, 1.82) is 0 Å². The Balaban J connectivity index is 2.15. The molecule has 0 aliphatic carbocycles. The minimum atomic E-state index is 0.421. The Morgan fingerprint density at radius 3 is 2.80 bits per heavy atom. The molecule has 0 spiro atoms. The SMILES string of the molecule is CNc1ccc2c(-c3cccc(C(N)=S)c3)c[nH]c2c1. The molecule has 100 valence electrons. The third kappa shape index (κ3) is 2.14. The standard InChI is InChI=1S/C16H15N3S/c1-18-12-5-6-13-14(9-19-15(13)8-12)10-3-2-4-11(7-10)16(17)20/h2-9,18-19H,1H3,(H2,17,20). The first-order valence-corrected chi connectivity index (χ1v) is 6.79. The highest BCUT2D eigenvalue weighted by Gasteiger charge is 2.07. The molecule has 0 amide bonds. The molecule has 0 aliphatic heterocycles. The Morgan fingerprint density at radius 1 is 1.20 bits per heavy atom. The molecule has 0 unspecified atom stereocenters. The van der Waals surface area contributed by atoms with Gasteiger partial charge in [0, 0.05) is 41.0 Å². The van der Waals surface area contributed by atoms with E-state index in [1.165, 1.54) is 5.39 Å². The van der Waals surface area contributed by atoms with Crippen LogP contribution in [0.25, 0.3) is 22.0 Å². The van der Waals surface area contributed by atoms with Crippen molar-refractivity contribution in [3.05, 3.63) is 54.2 Å². The van der Waals surface area contributed by atoms with Crippen LogP contribution in [0.2, 0.25) is 0 Å². The van der Waals surface area contributed by atoms with Gasteiger partial charge in [-0.2, -0.15) is 0 Å². The Hall–Kier alpha value is -2.33. The van der Waals surface area contributed by atoms with Gasteiger partial charge in [0.1, 0.15) is 4.99 Å². The van der Waals surface area contributed by atoms with Gasteiger partial charge in [-0.05, 0) is 23.8 Å². The maximum absolute atomic E-state index is 5.70. The number of thiocarbonyl (C=S) groups is 1. The summed E-state index contributed by atoms with van der Waals surface area (Å²) in [5.74, 6) is 0. The lowest BCUT2D eigenvalue weighted by Gasteiger charge is -2.04. The van der Waals surface area contributed by atoms with Crippen LogP contribution in [0.5, 0.6) is 0 Å². The fourth-order valence-electron chi connectivity index (χ4n) is 2.36. The van der Waals surface area contributed by atoms with E-state index in [1.54, 1.807) is 0 Å². The van der Waals surface area contributed by atoms with E-state index in [9.17, 15) is 0 Å². The van der Waals surface area contributed by atoms with Gasteiger partial charge in [-0.15, -0.1) is 0 Å². The van der Waals surface area contributed by atoms with Crippen molar-refractivity contribution in [1.82, 2.24) is 4.98 Å². The Morgan fingerprint density at radius 2 is 2.05 bits per heavy atom. The monoisotopic (exact) mass is 281 g/mol. The van der Waals surface area contributed by atoms with E-state index in [0.717, 1.165) is 27.9 Å². The van der Waals surface area contributed by atoms with E-state index in [0.29, 0.717) is 4.99 Å². The number of H-pyrrole nitrogens is 1. The topological polar surface area (TPSA) is 53.8 Å². The molecule has 20 heavy (non-hydrogen) atoms. The average Bonchev–Trinajstić information content (AvgIpc) is 2.90. The van der Waals surface area contributed by atoms with Crippen LogP contribution in [0.3, 0.4) is 0 Å². The van der Waals surface area contributed by atoms with E-state index in [2.05, 4.69) is 34.6 Å². The highest BCUT2D eigenvalue weighted by molar-refractivity contribution is 7.80. The third-order valence-corrected chi connectivity index (χ3v) is 3.66. The number of hydrogen-bond donors (Lipinski definition) is 3. The fourth-order valence-corrected chi connectivity index (χ4v) is 2.49. The predicted molar refractivity (Wildman–Crippen MR) is 89.2 cm³/mol. The molecule has 3 nitrogen and oxygen atoms in total. The molecule has 3 rings (SSSR count). The maximum atomic E-state index is 5.70. The molecule has 0 fully saturated rings. The molecule has 4 heteroatoms. The van der Waals surface area contributed by atoms with Crippen LogP contribution in [0.1, 0.15) is 5.56 Å². The molecule has 0 radical (unpaired) electrons. The summed E-state index contributed by atoms with van der Waals surface area (Å²) in [5, 5.41) is 4.32. The van der Waals surface area contributed by atoms with Gasteiger partial charge in [0.15, 0.2) is 0 Å². The summed E-state index contributed by atoms with van der Waals surface area (Å²) in [4.78, 5) is 3.73. The van der Waals surface area contributed by atoms with E-state index in [-0.39, 0.29) is 0 Å². The van der Waals surface area contributed by atoms with E-state index in [4.69, 9.17) is 18.0 Å². The minimum absolute atomic E-state index is 0.421. The smallest absolute Gasteiger partial charge is 0.104 e. The second-order valence-electron chi connectivity index (χ2n) is 4.66. The molecule has 4 N–H and O–H groups in total. The second-order valence-corrected chi connectivity index (χ2v) is 5.10. The number of nitrogens with two attached hydrogens (primary N) is 1. The predicted octanol–water partition coefficient (Wildman–Crippen LogP) is 3.51. The first kappa shape index (κ1) is 12.7. The number of aromatic nitrogens is 1. The van der Waals surface area contributed by atoms with Crippen LogP contribution in [0.4, 0.5) is 5.69 Å². The van der Waals surface area contributed by atoms with E-state index >= 15 is 0 Å². The molecule has 0 bridgehead atoms. The molecule has 0 aliphatic rings. The van der Waals surface area contributed by atoms with Crippen LogP contribution in [-0.4, -0.2) is 17.0 Å². The normalized spacial score (nSPS) is 10.7. The van der Waals surface area contributed by atoms with Crippen molar-refractivity contribution in [2.45, 2.75) is 0 Å². The molecular weight excluding hydrogens is 266 g/mol. The van der Waals surface area contributed by atoms with Crippen LogP contribution in [0, 0.1) is 0 Å². The first-order chi connectivity index (χ1) is 9.69. The van der Waals surface area contributed by atoms with Gasteiger partial charge >= 0.3 is 0 Å². The summed E-state index contributed by atoms with van der Waals surface area (Å²) in [6, 6.07) is 14.3. The van der Waals surface area contributed by atoms with E-state index < -0.39 is 0 Å². The van der Waals surface area contributed by atoms with Crippen molar-refractivity contribution in [2.24, 2.45) is 5.73 Å². The van der Waals surface area contributed by atoms with Crippen molar-refractivity contribution >= 4 is 33.8 Å². The van der Waals surface area contributed by atoms with Crippen molar-refractivity contribution < 1.29 is 0 Å². The molecule has 0 saturated heterocycles. The summed E-state index contributed by atoms with van der Waals surface area (Å²) in [5.41, 5.74) is 11.0. The zero-order chi connectivity index (χ0) is 14.1. The van der Waals surface area contributed by atoms with Gasteiger partial charge in [-0.1, -0.05) is 36.5 Å².